The molecule has 0 bridgehead atoms. The van der Waals surface area contributed by atoms with Gasteiger partial charge in [-0.2, -0.15) is 5.10 Å². The molecule has 0 spiro atoms. The van der Waals surface area contributed by atoms with Gasteiger partial charge < -0.3 is 9.57 Å². The fourth-order valence-electron chi connectivity index (χ4n) is 4.11. The Labute approximate surface area is 203 Å². The van der Waals surface area contributed by atoms with Crippen molar-refractivity contribution >= 4 is 27.1 Å². The highest BCUT2D eigenvalue weighted by Crippen LogP contribution is 2.32. The molecular formula is C25H25N3O6S. The molecule has 3 aromatic rings. The Morgan fingerprint density at radius 1 is 1.11 bits per heavy atom. The summed E-state index contributed by atoms with van der Waals surface area (Å²) in [6, 6.07) is 11.6. The van der Waals surface area contributed by atoms with Crippen molar-refractivity contribution in [3.05, 3.63) is 76.5 Å². The minimum absolute atomic E-state index is 0.0777. The molecule has 0 saturated heterocycles. The third-order valence-electron chi connectivity index (χ3n) is 5.88. The molecule has 4 rings (SSSR count). The molecule has 0 amide bonds. The number of aromatic nitrogens is 2. The summed E-state index contributed by atoms with van der Waals surface area (Å²) in [6.45, 7) is 3.69. The minimum Gasteiger partial charge on any atom is -0.469 e. The number of nitrogens with zero attached hydrogens (tertiary/aromatic N) is 3. The van der Waals surface area contributed by atoms with Crippen molar-refractivity contribution in [2.75, 3.05) is 19.5 Å². The maximum atomic E-state index is 13.6. The molecular weight excluding hydrogens is 470 g/mol. The third-order valence-corrected chi connectivity index (χ3v) is 7.63. The highest BCUT2D eigenvalue weighted by Gasteiger charge is 2.32. The smallest absolute Gasteiger partial charge is 0.223 e. The lowest BCUT2D eigenvalue weighted by Gasteiger charge is -2.21. The van der Waals surface area contributed by atoms with Crippen molar-refractivity contribution in [3.63, 3.8) is 0 Å². The molecule has 0 radical (unpaired) electrons. The summed E-state index contributed by atoms with van der Waals surface area (Å²) < 4.78 is 32.6. The van der Waals surface area contributed by atoms with Crippen LogP contribution in [0.15, 0.2) is 58.7 Å². The molecule has 1 aliphatic heterocycles. The Balaban J connectivity index is 1.71. The Morgan fingerprint density at radius 3 is 2.54 bits per heavy atom. The maximum Gasteiger partial charge on any atom is 0.223 e. The highest BCUT2D eigenvalue weighted by atomic mass is 32.2. The lowest BCUT2D eigenvalue weighted by atomic mass is 9.93. The van der Waals surface area contributed by atoms with Gasteiger partial charge in [0.1, 0.15) is 12.7 Å². The van der Waals surface area contributed by atoms with Crippen molar-refractivity contribution in [1.29, 1.82) is 0 Å². The molecule has 182 valence electrons. The number of sulfone groups is 1. The maximum absolute atomic E-state index is 13.6. The summed E-state index contributed by atoms with van der Waals surface area (Å²) in [6.07, 6.45) is 1.58. The Hall–Kier alpha value is -3.79. The third kappa shape index (κ3) is 4.61. The van der Waals surface area contributed by atoms with Crippen LogP contribution in [0.5, 0.6) is 5.88 Å². The zero-order chi connectivity index (χ0) is 25.2. The molecule has 1 aromatic heterocycles. The second-order valence-corrected chi connectivity index (χ2v) is 10.1. The molecule has 9 nitrogen and oxygen atoms in total. The molecule has 35 heavy (non-hydrogen) atoms. The first-order valence-corrected chi connectivity index (χ1v) is 12.7. The standard InChI is InChI=1S/C25H25N3O6S/c1-4-28-25(34-15-21(29)17-8-6-5-7-9-17)19(14-26-28)24(30)18-10-11-22-23(16(18)2)20(27-33-3)12-13-35(22,31)32/h5-11,14H,4,12-13,15H2,1-3H3. The van der Waals surface area contributed by atoms with Crippen LogP contribution in [0.3, 0.4) is 0 Å². The topological polar surface area (TPSA) is 117 Å². The van der Waals surface area contributed by atoms with Gasteiger partial charge in [0, 0.05) is 29.7 Å². The van der Waals surface area contributed by atoms with Gasteiger partial charge in [0.15, 0.2) is 28.0 Å². The van der Waals surface area contributed by atoms with Crippen LogP contribution in [-0.4, -0.2) is 54.9 Å². The molecule has 1 aliphatic rings. The van der Waals surface area contributed by atoms with Crippen LogP contribution in [0.4, 0.5) is 0 Å². The molecule has 2 heterocycles. The largest absolute Gasteiger partial charge is 0.469 e. The number of carbonyl (C=O) groups excluding carboxylic acids is 2. The lowest BCUT2D eigenvalue weighted by Crippen LogP contribution is -2.24. The minimum atomic E-state index is -3.50. The van der Waals surface area contributed by atoms with Gasteiger partial charge in [0.25, 0.3) is 0 Å². The number of hydrogen-bond donors (Lipinski definition) is 0. The zero-order valence-electron chi connectivity index (χ0n) is 19.6. The SMILES string of the molecule is CCn1ncc(C(=O)c2ccc3c(c2C)C(=NOC)CCS3(=O)=O)c1OCC(=O)c1ccccc1. The van der Waals surface area contributed by atoms with Crippen LogP contribution in [0.25, 0.3) is 0 Å². The van der Waals surface area contributed by atoms with Gasteiger partial charge in [0.2, 0.25) is 5.88 Å². The number of ketones is 2. The van der Waals surface area contributed by atoms with E-state index in [0.29, 0.717) is 34.5 Å². The number of hydrogen-bond acceptors (Lipinski definition) is 8. The number of oxime groups is 1. The molecule has 2 aromatic carbocycles. The monoisotopic (exact) mass is 495 g/mol. The summed E-state index contributed by atoms with van der Waals surface area (Å²) in [5, 5.41) is 8.24. The van der Waals surface area contributed by atoms with Crippen LogP contribution in [-0.2, 0) is 21.2 Å². The molecule has 0 atom stereocenters. The number of benzene rings is 2. The van der Waals surface area contributed by atoms with E-state index < -0.39 is 15.6 Å². The van der Waals surface area contributed by atoms with E-state index in [1.807, 2.05) is 13.0 Å². The number of rotatable bonds is 8. The Kier molecular flexibility index (Phi) is 6.83. The van der Waals surface area contributed by atoms with Crippen molar-refractivity contribution in [1.82, 2.24) is 9.78 Å². The van der Waals surface area contributed by atoms with Gasteiger partial charge in [-0.05, 0) is 31.5 Å². The fraction of sp³-hybridized carbons (Fsp3) is 0.280. The van der Waals surface area contributed by atoms with Gasteiger partial charge in [-0.3, -0.25) is 9.59 Å². The van der Waals surface area contributed by atoms with Crippen LogP contribution in [0, 0.1) is 6.92 Å². The predicted octanol–water partition coefficient (Wildman–Crippen LogP) is 3.23. The molecule has 0 fully saturated rings. The average Bonchev–Trinajstić information content (AvgIpc) is 3.27. The van der Waals surface area contributed by atoms with E-state index in [1.54, 1.807) is 31.2 Å². The molecule has 0 saturated carbocycles. The number of ether oxygens (including phenoxy) is 1. The normalized spacial score (nSPS) is 15.5. The van der Waals surface area contributed by atoms with Crippen LogP contribution < -0.4 is 4.74 Å². The van der Waals surface area contributed by atoms with E-state index in [4.69, 9.17) is 9.57 Å². The van der Waals surface area contributed by atoms with Crippen molar-refractivity contribution in [2.24, 2.45) is 5.16 Å². The van der Waals surface area contributed by atoms with E-state index >= 15 is 0 Å². The van der Waals surface area contributed by atoms with Crippen LogP contribution >= 0.6 is 0 Å². The first-order chi connectivity index (χ1) is 16.8. The van der Waals surface area contributed by atoms with E-state index in [1.165, 1.54) is 30.1 Å². The summed E-state index contributed by atoms with van der Waals surface area (Å²) in [4.78, 5) is 31.2. The lowest BCUT2D eigenvalue weighted by molar-refractivity contribution is 0.0907. The van der Waals surface area contributed by atoms with Crippen molar-refractivity contribution in [3.8, 4) is 5.88 Å². The second kappa shape index (κ2) is 9.83. The number of aryl methyl sites for hydroxylation is 1. The second-order valence-electron chi connectivity index (χ2n) is 7.99. The van der Waals surface area contributed by atoms with Gasteiger partial charge in [-0.15, -0.1) is 0 Å². The molecule has 0 aliphatic carbocycles. The summed E-state index contributed by atoms with van der Waals surface area (Å²) in [7, 11) is -2.11. The Morgan fingerprint density at radius 2 is 1.86 bits per heavy atom. The molecule has 10 heteroatoms. The quantitative estimate of drug-likeness (QED) is 0.348. The fourth-order valence-corrected chi connectivity index (χ4v) is 5.65. The first-order valence-electron chi connectivity index (χ1n) is 11.1. The summed E-state index contributed by atoms with van der Waals surface area (Å²) in [5.41, 5.74) is 2.30. The van der Waals surface area contributed by atoms with Gasteiger partial charge in [-0.1, -0.05) is 35.5 Å². The summed E-state index contributed by atoms with van der Waals surface area (Å²) >= 11 is 0. The van der Waals surface area contributed by atoms with E-state index in [-0.39, 0.29) is 40.9 Å². The van der Waals surface area contributed by atoms with E-state index in [2.05, 4.69) is 10.3 Å². The zero-order valence-corrected chi connectivity index (χ0v) is 20.5. The molecule has 0 N–H and O–H groups in total. The van der Waals surface area contributed by atoms with Gasteiger partial charge in [-0.25, -0.2) is 13.1 Å². The average molecular weight is 496 g/mol. The van der Waals surface area contributed by atoms with Gasteiger partial charge >= 0.3 is 0 Å². The van der Waals surface area contributed by atoms with Crippen LogP contribution in [0.2, 0.25) is 0 Å². The predicted molar refractivity (Wildman–Crippen MR) is 129 cm³/mol. The van der Waals surface area contributed by atoms with E-state index in [0.717, 1.165) is 0 Å². The number of Topliss-reactive ketones (excluding diaryl/α,β-unsaturated/α-hetero) is 1. The van der Waals surface area contributed by atoms with Crippen LogP contribution in [0.1, 0.15) is 50.8 Å². The summed E-state index contributed by atoms with van der Waals surface area (Å²) in [5.74, 6) is -0.529. The molecule has 0 unspecified atom stereocenters. The van der Waals surface area contributed by atoms with Gasteiger partial charge in [0.05, 0.1) is 22.6 Å². The Bertz CT molecular complexity index is 1420. The number of carbonyl (C=O) groups is 2. The number of fused-ring (bicyclic) bond motifs is 1. The highest BCUT2D eigenvalue weighted by molar-refractivity contribution is 7.91. The van der Waals surface area contributed by atoms with Crippen molar-refractivity contribution < 1.29 is 27.6 Å². The first kappa shape index (κ1) is 24.3. The van der Waals surface area contributed by atoms with E-state index in [9.17, 15) is 18.0 Å². The van der Waals surface area contributed by atoms with Crippen molar-refractivity contribution in [2.45, 2.75) is 31.7 Å².